The van der Waals surface area contributed by atoms with Crippen molar-refractivity contribution in [1.29, 1.82) is 0 Å². The van der Waals surface area contributed by atoms with E-state index in [4.69, 9.17) is 4.74 Å². The summed E-state index contributed by atoms with van der Waals surface area (Å²) in [5.41, 5.74) is 1.93. The number of aryl methyl sites for hydroxylation is 2. The van der Waals surface area contributed by atoms with E-state index in [1.54, 1.807) is 12.1 Å². The molecule has 1 amide bonds. The van der Waals surface area contributed by atoms with Crippen molar-refractivity contribution in [2.45, 2.75) is 31.3 Å². The third kappa shape index (κ3) is 2.94. The highest BCUT2D eigenvalue weighted by Crippen LogP contribution is 2.23. The van der Waals surface area contributed by atoms with Crippen LogP contribution >= 0.6 is 27.3 Å². The fourth-order valence-electron chi connectivity index (χ4n) is 3.25. The molecule has 0 aromatic carbocycles. The lowest BCUT2D eigenvalue weighted by molar-refractivity contribution is 0.0928. The van der Waals surface area contributed by atoms with Crippen LogP contribution in [0.25, 0.3) is 0 Å². The van der Waals surface area contributed by atoms with Gasteiger partial charge in [0.25, 0.3) is 11.5 Å². The first kappa shape index (κ1) is 16.0. The molecule has 4 rings (SSSR count). The van der Waals surface area contributed by atoms with Gasteiger partial charge in [0.15, 0.2) is 0 Å². The zero-order valence-corrected chi connectivity index (χ0v) is 15.2. The van der Waals surface area contributed by atoms with Crippen molar-refractivity contribution in [2.24, 2.45) is 0 Å². The monoisotopic (exact) mass is 409 g/mol. The van der Waals surface area contributed by atoms with Crippen LogP contribution in [0.4, 0.5) is 0 Å². The summed E-state index contributed by atoms with van der Waals surface area (Å²) in [7, 11) is 0. The molecule has 0 saturated carbocycles. The number of nitrogens with one attached hydrogen (secondary N) is 1. The average molecular weight is 410 g/mol. The molecular formula is C16H16BrN3O3S. The minimum absolute atomic E-state index is 0.121. The molecule has 1 aliphatic carbocycles. The minimum Gasteiger partial charge on any atom is -0.377 e. The second-order valence-electron chi connectivity index (χ2n) is 6.07. The molecule has 126 valence electrons. The van der Waals surface area contributed by atoms with Gasteiger partial charge in [-0.3, -0.25) is 9.59 Å². The zero-order valence-electron chi connectivity index (χ0n) is 12.8. The van der Waals surface area contributed by atoms with E-state index >= 15 is 0 Å². The summed E-state index contributed by atoms with van der Waals surface area (Å²) < 4.78 is 7.90. The van der Waals surface area contributed by atoms with Crippen molar-refractivity contribution >= 4 is 33.2 Å². The first-order valence-electron chi connectivity index (χ1n) is 7.86. The summed E-state index contributed by atoms with van der Waals surface area (Å²) >= 11 is 4.72. The topological polar surface area (TPSA) is 73.2 Å². The zero-order chi connectivity index (χ0) is 16.7. The molecule has 3 heterocycles. The van der Waals surface area contributed by atoms with Crippen LogP contribution in [0.3, 0.4) is 0 Å². The highest BCUT2D eigenvalue weighted by Gasteiger charge is 2.33. The Bertz CT molecular complexity index is 847. The van der Waals surface area contributed by atoms with Crippen LogP contribution < -0.4 is 10.9 Å². The molecule has 1 saturated heterocycles. The fourth-order valence-corrected chi connectivity index (χ4v) is 4.58. The van der Waals surface area contributed by atoms with E-state index in [0.717, 1.165) is 35.0 Å². The molecule has 2 aliphatic rings. The summed E-state index contributed by atoms with van der Waals surface area (Å²) in [5, 5.41) is 9.38. The number of halogens is 1. The summed E-state index contributed by atoms with van der Waals surface area (Å²) in [4.78, 5) is 25.4. The van der Waals surface area contributed by atoms with Crippen molar-refractivity contribution in [2.75, 3.05) is 13.2 Å². The van der Waals surface area contributed by atoms with Crippen LogP contribution in [0.5, 0.6) is 0 Å². The number of carbonyl (C=O) groups is 1. The number of amides is 1. The summed E-state index contributed by atoms with van der Waals surface area (Å²) in [6.45, 7) is 0.763. The Kier molecular flexibility index (Phi) is 4.28. The third-order valence-corrected chi connectivity index (χ3v) is 6.14. The van der Waals surface area contributed by atoms with Gasteiger partial charge in [-0.25, -0.2) is 4.68 Å². The minimum atomic E-state index is -0.268. The number of ether oxygens (including phenoxy) is 1. The maximum atomic E-state index is 12.4. The first-order chi connectivity index (χ1) is 11.6. The molecule has 24 heavy (non-hydrogen) atoms. The summed E-state index contributed by atoms with van der Waals surface area (Å²) in [6, 6.07) is 2.94. The lowest BCUT2D eigenvalue weighted by Gasteiger charge is -2.20. The van der Waals surface area contributed by atoms with Crippen LogP contribution in [-0.4, -0.2) is 34.9 Å². The van der Waals surface area contributed by atoms with Crippen molar-refractivity contribution in [1.82, 2.24) is 15.1 Å². The molecular weight excluding hydrogens is 394 g/mol. The molecule has 0 spiro atoms. The van der Waals surface area contributed by atoms with Gasteiger partial charge in [-0.15, -0.1) is 11.3 Å². The lowest BCUT2D eigenvalue weighted by Crippen LogP contribution is -2.44. The standard InChI is InChI=1S/C16H16BrN3O3S/c17-10-5-14(24-8-10)16(22)18-12-6-23-7-13(12)20-15(21)4-9-2-1-3-11(9)19-20/h4-5,8,12-13H,1-3,6-7H2,(H,18,22). The predicted octanol–water partition coefficient (Wildman–Crippen LogP) is 1.93. The molecule has 0 radical (unpaired) electrons. The van der Waals surface area contributed by atoms with Gasteiger partial charge in [-0.2, -0.15) is 5.10 Å². The molecule has 2 aromatic heterocycles. The second kappa shape index (κ2) is 6.42. The van der Waals surface area contributed by atoms with Crippen LogP contribution in [-0.2, 0) is 17.6 Å². The van der Waals surface area contributed by atoms with E-state index in [-0.39, 0.29) is 23.6 Å². The van der Waals surface area contributed by atoms with Gasteiger partial charge < -0.3 is 10.1 Å². The normalized spacial score (nSPS) is 22.5. The van der Waals surface area contributed by atoms with Gasteiger partial charge in [0, 0.05) is 15.9 Å². The third-order valence-electron chi connectivity index (χ3n) is 4.45. The molecule has 1 fully saturated rings. The lowest BCUT2D eigenvalue weighted by atomic mass is 10.1. The number of aromatic nitrogens is 2. The van der Waals surface area contributed by atoms with Gasteiger partial charge >= 0.3 is 0 Å². The highest BCUT2D eigenvalue weighted by atomic mass is 79.9. The van der Waals surface area contributed by atoms with Crippen molar-refractivity contribution in [3.05, 3.63) is 48.5 Å². The molecule has 2 atom stereocenters. The number of nitrogens with zero attached hydrogens (tertiary/aromatic N) is 2. The van der Waals surface area contributed by atoms with Gasteiger partial charge in [0.2, 0.25) is 0 Å². The Morgan fingerprint density at radius 3 is 3.04 bits per heavy atom. The second-order valence-corrected chi connectivity index (χ2v) is 7.89. The molecule has 1 N–H and O–H groups in total. The van der Waals surface area contributed by atoms with E-state index in [0.29, 0.717) is 18.1 Å². The van der Waals surface area contributed by atoms with Gasteiger partial charge in [-0.05, 0) is 46.8 Å². The number of hydrogen-bond donors (Lipinski definition) is 1. The maximum Gasteiger partial charge on any atom is 0.267 e. The fraction of sp³-hybridized carbons (Fsp3) is 0.438. The number of hydrogen-bond acceptors (Lipinski definition) is 5. The van der Waals surface area contributed by atoms with E-state index < -0.39 is 0 Å². The molecule has 1 aliphatic heterocycles. The Hall–Kier alpha value is -1.51. The van der Waals surface area contributed by atoms with Gasteiger partial charge in [0.05, 0.1) is 29.8 Å². The predicted molar refractivity (Wildman–Crippen MR) is 93.7 cm³/mol. The Balaban J connectivity index is 1.57. The van der Waals surface area contributed by atoms with Crippen LogP contribution in [0.2, 0.25) is 0 Å². The Morgan fingerprint density at radius 2 is 2.25 bits per heavy atom. The van der Waals surface area contributed by atoms with Crippen molar-refractivity contribution in [3.63, 3.8) is 0 Å². The Labute approximate surface area is 151 Å². The molecule has 2 unspecified atom stereocenters. The first-order valence-corrected chi connectivity index (χ1v) is 9.53. The van der Waals surface area contributed by atoms with Gasteiger partial charge in [-0.1, -0.05) is 0 Å². The Morgan fingerprint density at radius 1 is 1.38 bits per heavy atom. The highest BCUT2D eigenvalue weighted by molar-refractivity contribution is 9.10. The average Bonchev–Trinajstić information content (AvgIpc) is 3.27. The summed E-state index contributed by atoms with van der Waals surface area (Å²) in [5.74, 6) is -0.152. The number of fused-ring (bicyclic) bond motifs is 1. The van der Waals surface area contributed by atoms with E-state index in [9.17, 15) is 9.59 Å². The number of thiophene rings is 1. The molecule has 0 bridgehead atoms. The molecule has 2 aromatic rings. The van der Waals surface area contributed by atoms with E-state index in [1.165, 1.54) is 16.0 Å². The number of rotatable bonds is 3. The SMILES string of the molecule is O=C(NC1COCC1n1nc2c(cc1=O)CCC2)c1cc(Br)cs1. The van der Waals surface area contributed by atoms with Crippen LogP contribution in [0.15, 0.2) is 26.8 Å². The van der Waals surface area contributed by atoms with E-state index in [2.05, 4.69) is 26.3 Å². The smallest absolute Gasteiger partial charge is 0.267 e. The van der Waals surface area contributed by atoms with Crippen molar-refractivity contribution in [3.8, 4) is 0 Å². The van der Waals surface area contributed by atoms with Crippen LogP contribution in [0, 0.1) is 0 Å². The number of carbonyl (C=O) groups excluding carboxylic acids is 1. The van der Waals surface area contributed by atoms with Crippen LogP contribution in [0.1, 0.15) is 33.4 Å². The summed E-state index contributed by atoms with van der Waals surface area (Å²) in [6.07, 6.45) is 2.87. The van der Waals surface area contributed by atoms with Crippen molar-refractivity contribution < 1.29 is 9.53 Å². The largest absolute Gasteiger partial charge is 0.377 e. The molecule has 8 heteroatoms. The van der Waals surface area contributed by atoms with E-state index in [1.807, 2.05) is 5.38 Å². The van der Waals surface area contributed by atoms with Gasteiger partial charge in [0.1, 0.15) is 6.04 Å². The quantitative estimate of drug-likeness (QED) is 0.840. The maximum absolute atomic E-state index is 12.4. The molecule has 6 nitrogen and oxygen atoms in total.